The molecule has 0 spiro atoms. The van der Waals surface area contributed by atoms with E-state index in [-0.39, 0.29) is 0 Å². The Bertz CT molecular complexity index is 568. The third-order valence-corrected chi connectivity index (χ3v) is 4.05. The molecule has 1 saturated carbocycles. The summed E-state index contributed by atoms with van der Waals surface area (Å²) in [4.78, 5) is 0. The Morgan fingerprint density at radius 3 is 2.60 bits per heavy atom. The van der Waals surface area contributed by atoms with Gasteiger partial charge in [0.15, 0.2) is 0 Å². The normalized spacial score (nSPS) is 18.1. The average Bonchev–Trinajstić information content (AvgIpc) is 3.00. The first kappa shape index (κ1) is 13.3. The maximum Gasteiger partial charge on any atom is 0.0855 e. The maximum atomic E-state index is 4.31. The highest BCUT2D eigenvalue weighted by Gasteiger charge is 2.25. The average molecular weight is 274 g/mol. The van der Waals surface area contributed by atoms with Crippen molar-refractivity contribution in [2.24, 2.45) is 0 Å². The van der Waals surface area contributed by atoms with Crippen LogP contribution in [0.5, 0.6) is 0 Å². The molecule has 2 aromatic rings. The molecule has 0 bridgehead atoms. The predicted molar refractivity (Wildman–Crippen MR) is 75.4 cm³/mol. The van der Waals surface area contributed by atoms with E-state index in [1.807, 2.05) is 22.5 Å². The van der Waals surface area contributed by atoms with Gasteiger partial charge < -0.3 is 0 Å². The van der Waals surface area contributed by atoms with Crippen molar-refractivity contribution >= 4 is 0 Å². The van der Waals surface area contributed by atoms with Crippen LogP contribution in [-0.2, 0) is 0 Å². The summed E-state index contributed by atoms with van der Waals surface area (Å²) in [6.07, 6.45) is 8.77. The molecule has 0 saturated heterocycles. The monoisotopic (exact) mass is 274 g/mol. The van der Waals surface area contributed by atoms with E-state index in [0.29, 0.717) is 18.0 Å². The molecule has 0 aromatic carbocycles. The summed E-state index contributed by atoms with van der Waals surface area (Å²) >= 11 is 0. The minimum absolute atomic E-state index is 0.372. The first-order chi connectivity index (χ1) is 9.63. The lowest BCUT2D eigenvalue weighted by Gasteiger charge is -2.13. The number of aromatic nitrogens is 6. The van der Waals surface area contributed by atoms with Crippen molar-refractivity contribution in [2.45, 2.75) is 64.5 Å². The van der Waals surface area contributed by atoms with Crippen LogP contribution in [0, 0.1) is 6.92 Å². The van der Waals surface area contributed by atoms with Gasteiger partial charge in [0.05, 0.1) is 23.5 Å². The molecular weight excluding hydrogens is 252 g/mol. The van der Waals surface area contributed by atoms with Gasteiger partial charge in [0.1, 0.15) is 0 Å². The smallest absolute Gasteiger partial charge is 0.0855 e. The van der Waals surface area contributed by atoms with Crippen molar-refractivity contribution < 1.29 is 0 Å². The molecule has 2 aromatic heterocycles. The van der Waals surface area contributed by atoms with Crippen molar-refractivity contribution in [1.82, 2.24) is 30.0 Å². The van der Waals surface area contributed by atoms with Crippen LogP contribution >= 0.6 is 0 Å². The van der Waals surface area contributed by atoms with Gasteiger partial charge in [-0.25, -0.2) is 9.36 Å². The molecule has 0 aliphatic heterocycles. The second kappa shape index (κ2) is 5.34. The summed E-state index contributed by atoms with van der Waals surface area (Å²) in [7, 11) is 0. The molecule has 0 N–H and O–H groups in total. The zero-order chi connectivity index (χ0) is 14.1. The van der Waals surface area contributed by atoms with E-state index in [9.17, 15) is 0 Å². The SMILES string of the molecule is Cc1cn(C(C)CCC(C)c2cn(C3CC3)nn2)nn1. The Labute approximate surface area is 119 Å². The predicted octanol–water partition coefficient (Wildman–Crippen LogP) is 2.66. The van der Waals surface area contributed by atoms with Crippen LogP contribution in [-0.4, -0.2) is 30.0 Å². The van der Waals surface area contributed by atoms with Gasteiger partial charge in [-0.2, -0.15) is 0 Å². The Kier molecular flexibility index (Phi) is 3.54. The quantitative estimate of drug-likeness (QED) is 0.812. The molecule has 1 fully saturated rings. The molecule has 1 aliphatic carbocycles. The highest BCUT2D eigenvalue weighted by molar-refractivity contribution is 5.02. The summed E-state index contributed by atoms with van der Waals surface area (Å²) in [5, 5.41) is 16.7. The molecule has 0 radical (unpaired) electrons. The van der Waals surface area contributed by atoms with E-state index >= 15 is 0 Å². The molecular formula is C14H22N6. The van der Waals surface area contributed by atoms with E-state index in [2.05, 4.69) is 40.7 Å². The van der Waals surface area contributed by atoms with Crippen LogP contribution < -0.4 is 0 Å². The Morgan fingerprint density at radius 1 is 1.15 bits per heavy atom. The molecule has 6 heteroatoms. The van der Waals surface area contributed by atoms with E-state index in [1.165, 1.54) is 12.8 Å². The fourth-order valence-corrected chi connectivity index (χ4v) is 2.39. The fraction of sp³-hybridized carbons (Fsp3) is 0.714. The molecule has 1 aliphatic rings. The Morgan fingerprint density at radius 2 is 1.95 bits per heavy atom. The second-order valence-corrected chi connectivity index (χ2v) is 6.02. The lowest BCUT2D eigenvalue weighted by atomic mass is 10.00. The number of nitrogens with zero attached hydrogens (tertiary/aromatic N) is 6. The van der Waals surface area contributed by atoms with E-state index in [4.69, 9.17) is 0 Å². The van der Waals surface area contributed by atoms with Crippen LogP contribution in [0.1, 0.15) is 68.9 Å². The van der Waals surface area contributed by atoms with E-state index < -0.39 is 0 Å². The molecule has 0 amide bonds. The van der Waals surface area contributed by atoms with Crippen LogP contribution in [0.25, 0.3) is 0 Å². The molecule has 2 heterocycles. The van der Waals surface area contributed by atoms with Gasteiger partial charge in [0.2, 0.25) is 0 Å². The maximum absolute atomic E-state index is 4.31. The van der Waals surface area contributed by atoms with Gasteiger partial charge in [-0.3, -0.25) is 0 Å². The van der Waals surface area contributed by atoms with Crippen molar-refractivity contribution in [2.75, 3.05) is 0 Å². The van der Waals surface area contributed by atoms with Crippen LogP contribution in [0.4, 0.5) is 0 Å². The number of hydrogen-bond donors (Lipinski definition) is 0. The third-order valence-electron chi connectivity index (χ3n) is 4.05. The largest absolute Gasteiger partial charge is 0.250 e. The standard InChI is InChI=1S/C14H22N6/c1-10(14-9-20(18-16-14)13-6-7-13)4-5-12(3)19-8-11(2)15-17-19/h8-10,12-13H,4-7H2,1-3H3. The minimum atomic E-state index is 0.372. The summed E-state index contributed by atoms with van der Waals surface area (Å²) in [6.45, 7) is 6.37. The number of hydrogen-bond acceptors (Lipinski definition) is 4. The van der Waals surface area contributed by atoms with Crippen molar-refractivity contribution in [3.05, 3.63) is 23.8 Å². The summed E-state index contributed by atoms with van der Waals surface area (Å²) < 4.78 is 3.97. The highest BCUT2D eigenvalue weighted by Crippen LogP contribution is 2.34. The zero-order valence-corrected chi connectivity index (χ0v) is 12.4. The minimum Gasteiger partial charge on any atom is -0.250 e. The van der Waals surface area contributed by atoms with Gasteiger partial charge in [0.25, 0.3) is 0 Å². The molecule has 20 heavy (non-hydrogen) atoms. The summed E-state index contributed by atoms with van der Waals surface area (Å²) in [6, 6.07) is 0.984. The van der Waals surface area contributed by atoms with E-state index in [0.717, 1.165) is 24.2 Å². The second-order valence-electron chi connectivity index (χ2n) is 6.02. The van der Waals surface area contributed by atoms with E-state index in [1.54, 1.807) is 0 Å². The Hall–Kier alpha value is -1.72. The van der Waals surface area contributed by atoms with Crippen LogP contribution in [0.3, 0.4) is 0 Å². The molecule has 3 rings (SSSR count). The third kappa shape index (κ3) is 2.89. The van der Waals surface area contributed by atoms with Crippen LogP contribution in [0.2, 0.25) is 0 Å². The number of rotatable bonds is 6. The highest BCUT2D eigenvalue weighted by atomic mass is 15.4. The molecule has 108 valence electrons. The van der Waals surface area contributed by atoms with Gasteiger partial charge in [-0.15, -0.1) is 10.2 Å². The first-order valence-electron chi connectivity index (χ1n) is 7.43. The van der Waals surface area contributed by atoms with Crippen molar-refractivity contribution in [3.63, 3.8) is 0 Å². The molecule has 2 unspecified atom stereocenters. The summed E-state index contributed by atoms with van der Waals surface area (Å²) in [5.74, 6) is 0.439. The van der Waals surface area contributed by atoms with Gasteiger partial charge >= 0.3 is 0 Å². The number of aryl methyl sites for hydroxylation is 1. The fourth-order valence-electron chi connectivity index (χ4n) is 2.39. The van der Waals surface area contributed by atoms with Gasteiger partial charge in [-0.05, 0) is 39.5 Å². The van der Waals surface area contributed by atoms with Crippen molar-refractivity contribution in [1.29, 1.82) is 0 Å². The molecule has 2 atom stereocenters. The van der Waals surface area contributed by atoms with Crippen molar-refractivity contribution in [3.8, 4) is 0 Å². The van der Waals surface area contributed by atoms with Crippen LogP contribution in [0.15, 0.2) is 12.4 Å². The van der Waals surface area contributed by atoms with Gasteiger partial charge in [-0.1, -0.05) is 17.4 Å². The lowest BCUT2D eigenvalue weighted by molar-refractivity contribution is 0.419. The zero-order valence-electron chi connectivity index (χ0n) is 12.4. The lowest BCUT2D eigenvalue weighted by Crippen LogP contribution is -2.07. The Balaban J connectivity index is 1.54. The molecule has 6 nitrogen and oxygen atoms in total. The van der Waals surface area contributed by atoms with Gasteiger partial charge in [0, 0.05) is 18.3 Å². The first-order valence-corrected chi connectivity index (χ1v) is 7.43. The summed E-state index contributed by atoms with van der Waals surface area (Å²) in [5.41, 5.74) is 2.08. The topological polar surface area (TPSA) is 61.4 Å².